The molecule has 1 aromatic heterocycles. The molecule has 1 rings (SSSR count). The highest BCUT2D eigenvalue weighted by Crippen LogP contribution is 2.13. The Morgan fingerprint density at radius 1 is 1.73 bits per heavy atom. The summed E-state index contributed by atoms with van der Waals surface area (Å²) in [6, 6.07) is -0.623. The molecular weight excluding hydrogens is 222 g/mol. The number of nitrogens with zero attached hydrogens (tertiary/aromatic N) is 1. The van der Waals surface area contributed by atoms with Crippen molar-refractivity contribution in [2.45, 2.75) is 13.0 Å². The number of esters is 1. The van der Waals surface area contributed by atoms with Gasteiger partial charge in [0.15, 0.2) is 5.82 Å². The van der Waals surface area contributed by atoms with E-state index >= 15 is 0 Å². The van der Waals surface area contributed by atoms with E-state index in [9.17, 15) is 9.59 Å². The number of carbonyl (C=O) groups excluding carboxylic acids is 1. The largest absolute Gasteiger partial charge is 0.467 e. The Bertz CT molecular complexity index is 418. The van der Waals surface area contributed by atoms with E-state index in [1.165, 1.54) is 13.4 Å². The summed E-state index contributed by atoms with van der Waals surface area (Å²) in [4.78, 5) is 28.2. The topological polar surface area (TPSA) is 84.1 Å². The number of nitrogens with one attached hydrogen (secondary N) is 2. The van der Waals surface area contributed by atoms with Crippen molar-refractivity contribution in [3.8, 4) is 0 Å². The van der Waals surface area contributed by atoms with Crippen molar-refractivity contribution in [1.82, 2.24) is 9.97 Å². The van der Waals surface area contributed by atoms with E-state index in [4.69, 9.17) is 11.6 Å². The van der Waals surface area contributed by atoms with Gasteiger partial charge in [-0.05, 0) is 6.92 Å². The number of rotatable bonds is 3. The van der Waals surface area contributed by atoms with Crippen LogP contribution in [0.15, 0.2) is 11.1 Å². The van der Waals surface area contributed by atoms with Gasteiger partial charge in [-0.15, -0.1) is 0 Å². The van der Waals surface area contributed by atoms with Crippen molar-refractivity contribution in [2.75, 3.05) is 12.4 Å². The lowest BCUT2D eigenvalue weighted by Crippen LogP contribution is -2.28. The monoisotopic (exact) mass is 231 g/mol. The minimum atomic E-state index is -0.623. The molecule has 1 heterocycles. The molecule has 0 saturated carbocycles. The maximum absolute atomic E-state index is 11.1. The van der Waals surface area contributed by atoms with E-state index in [1.807, 2.05) is 0 Å². The molecule has 7 heteroatoms. The summed E-state index contributed by atoms with van der Waals surface area (Å²) < 4.78 is 4.50. The van der Waals surface area contributed by atoms with E-state index < -0.39 is 17.6 Å². The fourth-order valence-corrected chi connectivity index (χ4v) is 1.08. The summed E-state index contributed by atoms with van der Waals surface area (Å²) in [5, 5.41) is 2.57. The zero-order chi connectivity index (χ0) is 11.4. The van der Waals surface area contributed by atoms with E-state index in [0.717, 1.165) is 0 Å². The van der Waals surface area contributed by atoms with Gasteiger partial charge in [0.2, 0.25) is 0 Å². The highest BCUT2D eigenvalue weighted by atomic mass is 35.5. The van der Waals surface area contributed by atoms with Crippen LogP contribution in [0.25, 0.3) is 0 Å². The molecule has 0 aliphatic carbocycles. The molecule has 0 bridgehead atoms. The summed E-state index contributed by atoms with van der Waals surface area (Å²) in [6.07, 6.45) is 1.19. The molecule has 0 fully saturated rings. The molecule has 0 aromatic carbocycles. The number of halogens is 1. The van der Waals surface area contributed by atoms with Crippen LogP contribution in [0.3, 0.4) is 0 Å². The lowest BCUT2D eigenvalue weighted by molar-refractivity contribution is -0.141. The fraction of sp³-hybridized carbons (Fsp3) is 0.375. The molecule has 82 valence electrons. The van der Waals surface area contributed by atoms with Gasteiger partial charge in [0, 0.05) is 0 Å². The third kappa shape index (κ3) is 2.69. The van der Waals surface area contributed by atoms with Crippen molar-refractivity contribution in [3.05, 3.63) is 21.7 Å². The van der Waals surface area contributed by atoms with Crippen LogP contribution >= 0.6 is 11.6 Å². The van der Waals surface area contributed by atoms with Gasteiger partial charge in [-0.3, -0.25) is 4.79 Å². The van der Waals surface area contributed by atoms with Gasteiger partial charge in [0.05, 0.1) is 13.4 Å². The van der Waals surface area contributed by atoms with Gasteiger partial charge < -0.3 is 15.0 Å². The molecule has 0 aliphatic heterocycles. The van der Waals surface area contributed by atoms with Crippen molar-refractivity contribution in [3.63, 3.8) is 0 Å². The Morgan fingerprint density at radius 3 is 3.00 bits per heavy atom. The first kappa shape index (κ1) is 11.5. The Morgan fingerprint density at radius 2 is 2.40 bits per heavy atom. The van der Waals surface area contributed by atoms with Crippen LogP contribution in [0.4, 0.5) is 5.82 Å². The van der Waals surface area contributed by atoms with Gasteiger partial charge in [0.1, 0.15) is 11.1 Å². The number of hydrogen-bond acceptors (Lipinski definition) is 5. The van der Waals surface area contributed by atoms with Crippen LogP contribution < -0.4 is 10.9 Å². The minimum absolute atomic E-state index is 0.0896. The molecule has 0 saturated heterocycles. The highest BCUT2D eigenvalue weighted by Gasteiger charge is 2.15. The van der Waals surface area contributed by atoms with E-state index in [0.29, 0.717) is 0 Å². The number of carbonyl (C=O) groups is 1. The van der Waals surface area contributed by atoms with Crippen molar-refractivity contribution in [2.24, 2.45) is 0 Å². The smallest absolute Gasteiger partial charge is 0.328 e. The quantitative estimate of drug-likeness (QED) is 0.736. The van der Waals surface area contributed by atoms with Gasteiger partial charge in [-0.25, -0.2) is 9.78 Å². The molecule has 0 spiro atoms. The molecule has 1 aromatic rings. The molecular formula is C8H10ClN3O3. The predicted octanol–water partition coefficient (Wildman–Crippen LogP) is 0.397. The second kappa shape index (κ2) is 4.79. The van der Waals surface area contributed by atoms with Crippen LogP contribution in [-0.4, -0.2) is 29.1 Å². The van der Waals surface area contributed by atoms with Crippen LogP contribution in [-0.2, 0) is 9.53 Å². The summed E-state index contributed by atoms with van der Waals surface area (Å²) in [5.41, 5.74) is -0.466. The first-order valence-electron chi connectivity index (χ1n) is 4.13. The molecule has 1 atom stereocenters. The molecule has 2 N–H and O–H groups in total. The Labute approximate surface area is 90.6 Å². The summed E-state index contributed by atoms with van der Waals surface area (Å²) in [7, 11) is 1.27. The maximum Gasteiger partial charge on any atom is 0.328 e. The number of H-pyrrole nitrogens is 1. The third-order valence-corrected chi connectivity index (χ3v) is 2.06. The van der Waals surface area contributed by atoms with Gasteiger partial charge in [0.25, 0.3) is 5.56 Å². The standard InChI is InChI=1S/C8H10ClN3O3/c1-4(8(14)15-2)12-6-5(9)7(13)11-3-10-6/h3-4H,1-2H3,(H2,10,11,12,13). The average molecular weight is 232 g/mol. The summed E-state index contributed by atoms with van der Waals surface area (Å²) in [5.74, 6) is -0.313. The number of ether oxygens (including phenoxy) is 1. The lowest BCUT2D eigenvalue weighted by Gasteiger charge is -2.12. The van der Waals surface area contributed by atoms with Crippen molar-refractivity contribution < 1.29 is 9.53 Å². The second-order valence-electron chi connectivity index (χ2n) is 2.78. The zero-order valence-electron chi connectivity index (χ0n) is 8.20. The van der Waals surface area contributed by atoms with E-state index in [-0.39, 0.29) is 10.8 Å². The zero-order valence-corrected chi connectivity index (χ0v) is 8.96. The van der Waals surface area contributed by atoms with Crippen molar-refractivity contribution in [1.29, 1.82) is 0 Å². The van der Waals surface area contributed by atoms with Crippen LogP contribution in [0.2, 0.25) is 5.02 Å². The minimum Gasteiger partial charge on any atom is -0.467 e. The normalized spacial score (nSPS) is 11.9. The van der Waals surface area contributed by atoms with Crippen LogP contribution in [0.1, 0.15) is 6.92 Å². The fourth-order valence-electron chi connectivity index (χ4n) is 0.924. The molecule has 1 unspecified atom stereocenters. The molecule has 0 radical (unpaired) electrons. The van der Waals surface area contributed by atoms with E-state index in [2.05, 4.69) is 20.0 Å². The number of aromatic nitrogens is 2. The first-order valence-corrected chi connectivity index (χ1v) is 4.51. The number of aromatic amines is 1. The van der Waals surface area contributed by atoms with Gasteiger partial charge in [-0.2, -0.15) is 0 Å². The second-order valence-corrected chi connectivity index (χ2v) is 3.16. The highest BCUT2D eigenvalue weighted by molar-refractivity contribution is 6.32. The summed E-state index contributed by atoms with van der Waals surface area (Å²) in [6.45, 7) is 1.57. The molecule has 0 amide bonds. The lowest BCUT2D eigenvalue weighted by atomic mass is 10.3. The Balaban J connectivity index is 2.86. The Hall–Kier alpha value is -1.56. The molecule has 6 nitrogen and oxygen atoms in total. The van der Waals surface area contributed by atoms with Crippen LogP contribution in [0, 0.1) is 0 Å². The Kier molecular flexibility index (Phi) is 3.68. The van der Waals surface area contributed by atoms with E-state index in [1.54, 1.807) is 6.92 Å². The first-order chi connectivity index (χ1) is 7.06. The average Bonchev–Trinajstić information content (AvgIpc) is 2.23. The van der Waals surface area contributed by atoms with Gasteiger partial charge in [-0.1, -0.05) is 11.6 Å². The predicted molar refractivity (Wildman–Crippen MR) is 55.0 cm³/mol. The number of anilines is 1. The van der Waals surface area contributed by atoms with Crippen molar-refractivity contribution >= 4 is 23.4 Å². The van der Waals surface area contributed by atoms with Gasteiger partial charge >= 0.3 is 5.97 Å². The number of hydrogen-bond donors (Lipinski definition) is 2. The maximum atomic E-state index is 11.1. The number of methoxy groups -OCH3 is 1. The molecule has 0 aliphatic rings. The summed E-state index contributed by atoms with van der Waals surface area (Å²) >= 11 is 5.66. The third-order valence-electron chi connectivity index (χ3n) is 1.70. The SMILES string of the molecule is COC(=O)C(C)Nc1nc[nH]c(=O)c1Cl. The molecule has 15 heavy (non-hydrogen) atoms. The van der Waals surface area contributed by atoms with Crippen LogP contribution in [0.5, 0.6) is 0 Å².